The molecular weight excluding hydrogens is 190 g/mol. The Morgan fingerprint density at radius 3 is 2.67 bits per heavy atom. The van der Waals surface area contributed by atoms with Crippen molar-refractivity contribution in [1.29, 1.82) is 0 Å². The summed E-state index contributed by atoms with van der Waals surface area (Å²) in [5, 5.41) is 0. The number of hydrogen-bond acceptors (Lipinski definition) is 2. The molecular formula is C12H17NO2. The molecule has 0 aromatic rings. The first-order valence-electron chi connectivity index (χ1n) is 5.31. The van der Waals surface area contributed by atoms with Crippen LogP contribution in [0.3, 0.4) is 0 Å². The van der Waals surface area contributed by atoms with E-state index in [0.29, 0.717) is 6.61 Å². The Hall–Kier alpha value is -1.30. The summed E-state index contributed by atoms with van der Waals surface area (Å²) < 4.78 is 4.89. The zero-order valence-electron chi connectivity index (χ0n) is 9.59. The number of allylic oxidation sites excluding steroid dienone is 1. The van der Waals surface area contributed by atoms with Crippen molar-refractivity contribution in [3.8, 4) is 0 Å². The third kappa shape index (κ3) is 2.38. The number of carbonyl (C=O) groups excluding carboxylic acids is 1. The van der Waals surface area contributed by atoms with E-state index < -0.39 is 5.97 Å². The third-order valence-electron chi connectivity index (χ3n) is 2.91. The number of rotatable bonds is 2. The lowest BCUT2D eigenvalue weighted by Gasteiger charge is -2.20. The van der Waals surface area contributed by atoms with Crippen LogP contribution in [0.1, 0.15) is 40.0 Å². The van der Waals surface area contributed by atoms with Gasteiger partial charge in [-0.3, -0.25) is 4.79 Å². The van der Waals surface area contributed by atoms with Gasteiger partial charge >= 0.3 is 5.97 Å². The smallest absolute Gasteiger partial charge is 0.336 e. The topological polar surface area (TPSA) is 30.7 Å². The Balaban J connectivity index is 3.04. The highest BCUT2D eigenvalue weighted by Crippen LogP contribution is 2.44. The molecule has 3 nitrogen and oxygen atoms in total. The van der Waals surface area contributed by atoms with Gasteiger partial charge in [-0.1, -0.05) is 19.4 Å². The van der Waals surface area contributed by atoms with E-state index in [-0.39, 0.29) is 11.1 Å². The molecule has 15 heavy (non-hydrogen) atoms. The summed E-state index contributed by atoms with van der Waals surface area (Å²) in [6.45, 7) is 13.3. The Morgan fingerprint density at radius 2 is 2.27 bits per heavy atom. The lowest BCUT2D eigenvalue weighted by atomic mass is 9.86. The number of carbonyl (C=O) groups is 1. The van der Waals surface area contributed by atoms with E-state index in [9.17, 15) is 4.79 Å². The summed E-state index contributed by atoms with van der Waals surface area (Å²) >= 11 is 0. The maximum atomic E-state index is 11.6. The van der Waals surface area contributed by atoms with E-state index in [1.54, 1.807) is 6.92 Å². The van der Waals surface area contributed by atoms with Crippen molar-refractivity contribution in [2.24, 2.45) is 5.41 Å². The number of hydrogen-bond donors (Lipinski definition) is 0. The minimum atomic E-state index is -0.461. The molecule has 3 heteroatoms. The van der Waals surface area contributed by atoms with Gasteiger partial charge in [-0.25, -0.2) is 4.85 Å². The maximum Gasteiger partial charge on any atom is 0.336 e. The van der Waals surface area contributed by atoms with Gasteiger partial charge in [-0.2, -0.15) is 0 Å². The predicted octanol–water partition coefficient (Wildman–Crippen LogP) is 2.93. The van der Waals surface area contributed by atoms with Gasteiger partial charge in [0.15, 0.2) is 0 Å². The summed E-state index contributed by atoms with van der Waals surface area (Å²) in [6.07, 6.45) is 2.95. The van der Waals surface area contributed by atoms with Crippen LogP contribution in [0, 0.1) is 12.0 Å². The molecule has 0 amide bonds. The SMILES string of the molecule is [C-]#[N+]/C(C(=O)OCC)=C1/CCCC1(C)C. The lowest BCUT2D eigenvalue weighted by Crippen LogP contribution is -2.14. The van der Waals surface area contributed by atoms with Gasteiger partial charge in [0.05, 0.1) is 13.2 Å². The molecule has 82 valence electrons. The molecule has 0 N–H and O–H groups in total. The Labute approximate surface area is 90.9 Å². The van der Waals surface area contributed by atoms with E-state index in [1.165, 1.54) is 0 Å². The normalized spacial score (nSPS) is 22.0. The van der Waals surface area contributed by atoms with Crippen molar-refractivity contribution in [1.82, 2.24) is 0 Å². The zero-order valence-corrected chi connectivity index (χ0v) is 9.59. The van der Waals surface area contributed by atoms with Crippen LogP contribution < -0.4 is 0 Å². The molecule has 0 aromatic heterocycles. The summed E-state index contributed by atoms with van der Waals surface area (Å²) in [5.74, 6) is -0.461. The first-order chi connectivity index (χ1) is 7.03. The van der Waals surface area contributed by atoms with Crippen LogP contribution in [0.4, 0.5) is 0 Å². The van der Waals surface area contributed by atoms with Crippen LogP contribution in [-0.2, 0) is 9.53 Å². The molecule has 0 saturated heterocycles. The first-order valence-corrected chi connectivity index (χ1v) is 5.31. The highest BCUT2D eigenvalue weighted by atomic mass is 16.5. The first kappa shape index (κ1) is 11.8. The molecule has 1 aliphatic rings. The van der Waals surface area contributed by atoms with Crippen LogP contribution in [0.2, 0.25) is 0 Å². The average molecular weight is 207 g/mol. The van der Waals surface area contributed by atoms with Crippen LogP contribution in [0.5, 0.6) is 0 Å². The summed E-state index contributed by atoms with van der Waals surface area (Å²) in [7, 11) is 0. The number of nitrogens with zero attached hydrogens (tertiary/aromatic N) is 1. The standard InChI is InChI=1S/C12H17NO2/c1-5-15-11(14)10(13-4)9-7-6-8-12(9,2)3/h5-8H2,1-3H3/b10-9-. The van der Waals surface area contributed by atoms with Gasteiger partial charge in [0.2, 0.25) is 0 Å². The summed E-state index contributed by atoms with van der Waals surface area (Å²) in [6, 6.07) is 0. The lowest BCUT2D eigenvalue weighted by molar-refractivity contribution is -0.138. The van der Waals surface area contributed by atoms with Gasteiger partial charge in [-0.05, 0) is 31.6 Å². The van der Waals surface area contributed by atoms with E-state index >= 15 is 0 Å². The van der Waals surface area contributed by atoms with Gasteiger partial charge in [0.25, 0.3) is 5.70 Å². The monoisotopic (exact) mass is 207 g/mol. The quantitative estimate of drug-likeness (QED) is 0.396. The fraction of sp³-hybridized carbons (Fsp3) is 0.667. The molecule has 1 fully saturated rings. The third-order valence-corrected chi connectivity index (χ3v) is 2.91. The van der Waals surface area contributed by atoms with E-state index in [0.717, 1.165) is 24.8 Å². The highest BCUT2D eigenvalue weighted by Gasteiger charge is 2.33. The number of ether oxygens (including phenoxy) is 1. The molecule has 0 aromatic carbocycles. The molecule has 0 atom stereocenters. The van der Waals surface area contributed by atoms with Crippen LogP contribution in [0.15, 0.2) is 11.3 Å². The summed E-state index contributed by atoms with van der Waals surface area (Å²) in [5.41, 5.74) is 1.16. The largest absolute Gasteiger partial charge is 0.471 e. The Morgan fingerprint density at radius 1 is 1.60 bits per heavy atom. The van der Waals surface area contributed by atoms with Gasteiger partial charge in [-0.15, -0.1) is 0 Å². The number of esters is 1. The second-order valence-corrected chi connectivity index (χ2v) is 4.40. The van der Waals surface area contributed by atoms with Crippen molar-refractivity contribution in [3.63, 3.8) is 0 Å². The van der Waals surface area contributed by atoms with Crippen molar-refractivity contribution in [3.05, 3.63) is 22.7 Å². The fourth-order valence-corrected chi connectivity index (χ4v) is 2.07. The molecule has 0 unspecified atom stereocenters. The molecule has 1 rings (SSSR count). The average Bonchev–Trinajstić information content (AvgIpc) is 2.48. The zero-order chi connectivity index (χ0) is 11.5. The molecule has 1 aliphatic carbocycles. The second kappa shape index (κ2) is 4.48. The van der Waals surface area contributed by atoms with E-state index in [2.05, 4.69) is 18.7 Å². The van der Waals surface area contributed by atoms with Gasteiger partial charge in [0, 0.05) is 0 Å². The summed E-state index contributed by atoms with van der Waals surface area (Å²) in [4.78, 5) is 14.9. The van der Waals surface area contributed by atoms with Crippen molar-refractivity contribution >= 4 is 5.97 Å². The molecule has 0 spiro atoms. The van der Waals surface area contributed by atoms with Crippen LogP contribution in [-0.4, -0.2) is 12.6 Å². The van der Waals surface area contributed by atoms with Crippen molar-refractivity contribution in [2.45, 2.75) is 40.0 Å². The Kier molecular flexibility index (Phi) is 3.52. The van der Waals surface area contributed by atoms with Crippen molar-refractivity contribution < 1.29 is 9.53 Å². The van der Waals surface area contributed by atoms with E-state index in [4.69, 9.17) is 11.3 Å². The molecule has 0 heterocycles. The fourth-order valence-electron chi connectivity index (χ4n) is 2.07. The predicted molar refractivity (Wildman–Crippen MR) is 57.9 cm³/mol. The molecule has 0 bridgehead atoms. The van der Waals surface area contributed by atoms with Crippen LogP contribution >= 0.6 is 0 Å². The molecule has 1 saturated carbocycles. The van der Waals surface area contributed by atoms with Gasteiger partial charge < -0.3 is 4.74 Å². The van der Waals surface area contributed by atoms with Gasteiger partial charge in [0.1, 0.15) is 0 Å². The maximum absolute atomic E-state index is 11.6. The van der Waals surface area contributed by atoms with Crippen LogP contribution in [0.25, 0.3) is 4.85 Å². The van der Waals surface area contributed by atoms with E-state index in [1.807, 2.05) is 0 Å². The van der Waals surface area contributed by atoms with Crippen molar-refractivity contribution in [2.75, 3.05) is 6.61 Å². The minimum Gasteiger partial charge on any atom is -0.471 e. The molecule has 0 radical (unpaired) electrons. The highest BCUT2D eigenvalue weighted by molar-refractivity contribution is 5.91. The molecule has 0 aliphatic heterocycles. The second-order valence-electron chi connectivity index (χ2n) is 4.40. The minimum absolute atomic E-state index is 0.0212. The Bertz CT molecular complexity index is 334.